The lowest BCUT2D eigenvalue weighted by Crippen LogP contribution is -2.44. The lowest BCUT2D eigenvalue weighted by atomic mass is 10.1. The van der Waals surface area contributed by atoms with Crippen molar-refractivity contribution in [1.82, 2.24) is 20.0 Å². The molecule has 0 bridgehead atoms. The van der Waals surface area contributed by atoms with Crippen molar-refractivity contribution in [3.8, 4) is 0 Å². The average Bonchev–Trinajstić information content (AvgIpc) is 3.22. The van der Waals surface area contributed by atoms with Crippen LogP contribution in [0.2, 0.25) is 0 Å². The molecule has 4 rings (SSSR count). The summed E-state index contributed by atoms with van der Waals surface area (Å²) in [7, 11) is 0. The Hall–Kier alpha value is -3.23. The Morgan fingerprint density at radius 2 is 1.87 bits per heavy atom. The first-order valence-corrected chi connectivity index (χ1v) is 10.4. The molecule has 0 radical (unpaired) electrons. The molecule has 1 atom stereocenters. The molecule has 1 aliphatic rings. The van der Waals surface area contributed by atoms with E-state index in [-0.39, 0.29) is 23.2 Å². The third-order valence-corrected chi connectivity index (χ3v) is 5.31. The van der Waals surface area contributed by atoms with Crippen LogP contribution in [-0.4, -0.2) is 53.4 Å². The van der Waals surface area contributed by atoms with Gasteiger partial charge in [-0.15, -0.1) is 0 Å². The zero-order valence-corrected chi connectivity index (χ0v) is 17.5. The number of rotatable bonds is 7. The summed E-state index contributed by atoms with van der Waals surface area (Å²) >= 11 is 0. The van der Waals surface area contributed by atoms with Crippen LogP contribution >= 0.6 is 0 Å². The van der Waals surface area contributed by atoms with Crippen LogP contribution in [0.25, 0.3) is 0 Å². The number of hydrogen-bond donors (Lipinski definition) is 1. The Morgan fingerprint density at radius 1 is 1.10 bits per heavy atom. The van der Waals surface area contributed by atoms with Crippen LogP contribution in [0.5, 0.6) is 0 Å². The highest BCUT2D eigenvalue weighted by Gasteiger charge is 2.26. The van der Waals surface area contributed by atoms with Crippen molar-refractivity contribution in [2.24, 2.45) is 0 Å². The first-order valence-electron chi connectivity index (χ1n) is 10.4. The van der Waals surface area contributed by atoms with E-state index in [4.69, 9.17) is 9.15 Å². The third-order valence-electron chi connectivity index (χ3n) is 5.31. The molecule has 3 heterocycles. The molecule has 8 nitrogen and oxygen atoms in total. The van der Waals surface area contributed by atoms with E-state index in [0.717, 1.165) is 30.2 Å². The van der Waals surface area contributed by atoms with Gasteiger partial charge in [-0.1, -0.05) is 30.3 Å². The second-order valence-electron chi connectivity index (χ2n) is 7.52. The van der Waals surface area contributed by atoms with Gasteiger partial charge in [-0.3, -0.25) is 14.5 Å². The Morgan fingerprint density at radius 3 is 2.58 bits per heavy atom. The number of hydrogen-bond acceptors (Lipinski definition) is 6. The SMILES string of the molecule is Cc1ccc(C(CNC(=O)c2ccc(=O)n(Cc3ccccc3)n2)N2CCOCC2)o1. The minimum absolute atomic E-state index is 0.100. The summed E-state index contributed by atoms with van der Waals surface area (Å²) in [5.74, 6) is 1.30. The van der Waals surface area contributed by atoms with Crippen LogP contribution in [0.15, 0.2) is 63.8 Å². The Kier molecular flexibility index (Phi) is 6.59. The van der Waals surface area contributed by atoms with E-state index in [0.29, 0.717) is 26.3 Å². The predicted octanol–water partition coefficient (Wildman–Crippen LogP) is 2.00. The summed E-state index contributed by atoms with van der Waals surface area (Å²) in [6, 6.07) is 16.1. The van der Waals surface area contributed by atoms with Gasteiger partial charge < -0.3 is 14.5 Å². The zero-order chi connectivity index (χ0) is 21.6. The number of aromatic nitrogens is 2. The first kappa shape index (κ1) is 21.0. The van der Waals surface area contributed by atoms with Crippen molar-refractivity contribution in [3.05, 3.63) is 87.7 Å². The van der Waals surface area contributed by atoms with E-state index < -0.39 is 0 Å². The monoisotopic (exact) mass is 422 g/mol. The van der Waals surface area contributed by atoms with Gasteiger partial charge in [0.05, 0.1) is 25.8 Å². The molecule has 1 unspecified atom stereocenters. The van der Waals surface area contributed by atoms with Crippen molar-refractivity contribution in [1.29, 1.82) is 0 Å². The molecule has 1 N–H and O–H groups in total. The topological polar surface area (TPSA) is 89.6 Å². The second-order valence-corrected chi connectivity index (χ2v) is 7.52. The third kappa shape index (κ3) is 5.28. The Balaban J connectivity index is 1.47. The van der Waals surface area contributed by atoms with Crippen LogP contribution in [0.3, 0.4) is 0 Å². The molecule has 1 aliphatic heterocycles. The Bertz CT molecular complexity index is 1070. The number of nitrogens with zero attached hydrogens (tertiary/aromatic N) is 3. The Labute approximate surface area is 180 Å². The van der Waals surface area contributed by atoms with Crippen molar-refractivity contribution in [2.75, 3.05) is 32.8 Å². The first-order chi connectivity index (χ1) is 15.1. The van der Waals surface area contributed by atoms with Gasteiger partial charge in [-0.05, 0) is 30.7 Å². The van der Waals surface area contributed by atoms with Gasteiger partial charge >= 0.3 is 0 Å². The molecule has 1 aromatic carbocycles. The molecular weight excluding hydrogens is 396 g/mol. The van der Waals surface area contributed by atoms with Crippen LogP contribution in [0.1, 0.15) is 33.6 Å². The van der Waals surface area contributed by atoms with E-state index in [1.807, 2.05) is 49.4 Å². The number of morpholine rings is 1. The quantitative estimate of drug-likeness (QED) is 0.626. The number of aryl methyl sites for hydroxylation is 1. The maximum Gasteiger partial charge on any atom is 0.271 e. The molecule has 1 amide bonds. The van der Waals surface area contributed by atoms with Crippen molar-refractivity contribution >= 4 is 5.91 Å². The number of amides is 1. The highest BCUT2D eigenvalue weighted by atomic mass is 16.5. The van der Waals surface area contributed by atoms with Crippen LogP contribution in [-0.2, 0) is 11.3 Å². The van der Waals surface area contributed by atoms with Gasteiger partial charge in [0.2, 0.25) is 0 Å². The summed E-state index contributed by atoms with van der Waals surface area (Å²) in [6.07, 6.45) is 0. The maximum absolute atomic E-state index is 12.8. The minimum atomic E-state index is -0.330. The fourth-order valence-electron chi connectivity index (χ4n) is 3.65. The highest BCUT2D eigenvalue weighted by Crippen LogP contribution is 2.23. The molecule has 0 spiro atoms. The number of ether oxygens (including phenoxy) is 1. The second kappa shape index (κ2) is 9.72. The van der Waals surface area contributed by atoms with Gasteiger partial charge in [-0.25, -0.2) is 4.68 Å². The van der Waals surface area contributed by atoms with Crippen LogP contribution in [0, 0.1) is 6.92 Å². The number of furan rings is 1. The number of carbonyl (C=O) groups is 1. The maximum atomic E-state index is 12.8. The summed E-state index contributed by atoms with van der Waals surface area (Å²) in [6.45, 7) is 5.40. The van der Waals surface area contributed by atoms with E-state index >= 15 is 0 Å². The van der Waals surface area contributed by atoms with Gasteiger partial charge in [0.15, 0.2) is 0 Å². The smallest absolute Gasteiger partial charge is 0.271 e. The van der Waals surface area contributed by atoms with E-state index in [1.165, 1.54) is 16.8 Å². The molecule has 1 fully saturated rings. The number of carbonyl (C=O) groups excluding carboxylic acids is 1. The van der Waals surface area contributed by atoms with Crippen molar-refractivity contribution in [3.63, 3.8) is 0 Å². The van der Waals surface area contributed by atoms with E-state index in [9.17, 15) is 9.59 Å². The fraction of sp³-hybridized carbons (Fsp3) is 0.348. The van der Waals surface area contributed by atoms with Crippen LogP contribution < -0.4 is 10.9 Å². The van der Waals surface area contributed by atoms with E-state index in [1.54, 1.807) is 0 Å². The van der Waals surface area contributed by atoms with Gasteiger partial charge in [0.1, 0.15) is 17.2 Å². The minimum Gasteiger partial charge on any atom is -0.465 e. The highest BCUT2D eigenvalue weighted by molar-refractivity contribution is 5.92. The molecule has 1 saturated heterocycles. The van der Waals surface area contributed by atoms with Gasteiger partial charge in [0, 0.05) is 25.7 Å². The molecule has 0 aliphatic carbocycles. The largest absolute Gasteiger partial charge is 0.465 e. The normalized spacial score (nSPS) is 15.5. The lowest BCUT2D eigenvalue weighted by molar-refractivity contribution is 0.0116. The summed E-state index contributed by atoms with van der Waals surface area (Å²) in [4.78, 5) is 27.3. The summed E-state index contributed by atoms with van der Waals surface area (Å²) in [5.41, 5.74) is 0.889. The standard InChI is InChI=1S/C23H26N4O4/c1-17-7-9-21(31-17)20(26-11-13-30-14-12-26)15-24-23(29)19-8-10-22(28)27(25-19)16-18-5-3-2-4-6-18/h2-10,20H,11-16H2,1H3,(H,24,29). The fourth-order valence-corrected chi connectivity index (χ4v) is 3.65. The predicted molar refractivity (Wildman–Crippen MR) is 115 cm³/mol. The van der Waals surface area contributed by atoms with Crippen molar-refractivity contribution in [2.45, 2.75) is 19.5 Å². The van der Waals surface area contributed by atoms with Crippen LogP contribution in [0.4, 0.5) is 0 Å². The average molecular weight is 422 g/mol. The van der Waals surface area contributed by atoms with E-state index in [2.05, 4.69) is 15.3 Å². The molecule has 3 aromatic rings. The molecule has 31 heavy (non-hydrogen) atoms. The zero-order valence-electron chi connectivity index (χ0n) is 17.5. The molecule has 162 valence electrons. The number of benzene rings is 1. The molecular formula is C23H26N4O4. The molecule has 0 saturated carbocycles. The molecule has 2 aromatic heterocycles. The number of nitrogens with one attached hydrogen (secondary N) is 1. The van der Waals surface area contributed by atoms with Crippen molar-refractivity contribution < 1.29 is 13.9 Å². The summed E-state index contributed by atoms with van der Waals surface area (Å²) < 4.78 is 12.6. The summed E-state index contributed by atoms with van der Waals surface area (Å²) in [5, 5.41) is 7.23. The lowest BCUT2D eigenvalue weighted by Gasteiger charge is -2.33. The molecule has 8 heteroatoms. The van der Waals surface area contributed by atoms with Gasteiger partial charge in [-0.2, -0.15) is 5.10 Å². The van der Waals surface area contributed by atoms with Gasteiger partial charge in [0.25, 0.3) is 11.5 Å².